The molecule has 0 aromatic heterocycles. The molecule has 0 fully saturated rings. The lowest BCUT2D eigenvalue weighted by Crippen LogP contribution is -2.37. The molecule has 0 aliphatic rings. The third-order valence-electron chi connectivity index (χ3n) is 3.31. The Hall–Kier alpha value is -2.15. The van der Waals surface area contributed by atoms with Gasteiger partial charge in [-0.15, -0.1) is 0 Å². The summed E-state index contributed by atoms with van der Waals surface area (Å²) in [4.78, 5) is 12.6. The predicted molar refractivity (Wildman–Crippen MR) is 103 cm³/mol. The molecule has 8 heteroatoms. The van der Waals surface area contributed by atoms with Crippen molar-refractivity contribution < 1.29 is 23.1 Å². The molecular weight excluding hydrogens is 432 g/mol. The fourth-order valence-corrected chi connectivity index (χ4v) is 4.42. The SMILES string of the molecule is Clc1ccc([S+](c2ccccc2)c2ccc(Cl)cc2)cc1.O=C([O-])C(F)(F)F. The van der Waals surface area contributed by atoms with Crippen molar-refractivity contribution in [3.63, 3.8) is 0 Å². The molecule has 0 radical (unpaired) electrons. The first-order valence-electron chi connectivity index (χ1n) is 7.77. The van der Waals surface area contributed by atoms with Crippen LogP contribution in [0.5, 0.6) is 0 Å². The quantitative estimate of drug-likeness (QED) is 0.508. The van der Waals surface area contributed by atoms with Gasteiger partial charge in [-0.3, -0.25) is 0 Å². The van der Waals surface area contributed by atoms with Gasteiger partial charge in [0.1, 0.15) is 5.97 Å². The van der Waals surface area contributed by atoms with Gasteiger partial charge in [-0.1, -0.05) is 41.4 Å². The number of hydrogen-bond donors (Lipinski definition) is 0. The number of carboxylic acids is 1. The highest BCUT2D eigenvalue weighted by Gasteiger charge is 2.29. The lowest BCUT2D eigenvalue weighted by molar-refractivity contribution is -0.344. The number of carbonyl (C=O) groups excluding carboxylic acids is 1. The second kappa shape index (κ2) is 9.87. The lowest BCUT2D eigenvalue weighted by Gasteiger charge is -2.08. The summed E-state index contributed by atoms with van der Waals surface area (Å²) in [7, 11) is -0.148. The van der Waals surface area contributed by atoms with Crippen LogP contribution >= 0.6 is 23.2 Å². The van der Waals surface area contributed by atoms with E-state index in [1.165, 1.54) is 14.7 Å². The van der Waals surface area contributed by atoms with Gasteiger partial charge in [0.25, 0.3) is 0 Å². The molecule has 0 N–H and O–H groups in total. The maximum Gasteiger partial charge on any atom is 0.430 e. The van der Waals surface area contributed by atoms with Crippen LogP contribution in [0.25, 0.3) is 0 Å². The molecule has 3 aromatic rings. The van der Waals surface area contributed by atoms with Crippen molar-refractivity contribution >= 4 is 40.1 Å². The summed E-state index contributed by atoms with van der Waals surface area (Å²) >= 11 is 12.0. The molecule has 2 nitrogen and oxygen atoms in total. The Morgan fingerprint density at radius 1 is 0.714 bits per heavy atom. The minimum Gasteiger partial charge on any atom is -0.542 e. The first-order valence-corrected chi connectivity index (χ1v) is 9.75. The summed E-state index contributed by atoms with van der Waals surface area (Å²) in [6.45, 7) is 0. The van der Waals surface area contributed by atoms with Crippen molar-refractivity contribution in [3.05, 3.63) is 88.9 Å². The fraction of sp³-hybridized carbons (Fsp3) is 0.0500. The van der Waals surface area contributed by atoms with E-state index in [1.807, 2.05) is 30.3 Å². The number of alkyl halides is 3. The third-order valence-corrected chi connectivity index (χ3v) is 6.04. The van der Waals surface area contributed by atoms with Crippen molar-refractivity contribution in [2.75, 3.05) is 0 Å². The fourth-order valence-electron chi connectivity index (χ4n) is 2.11. The highest BCUT2D eigenvalue weighted by Crippen LogP contribution is 2.32. The molecule has 0 spiro atoms. The summed E-state index contributed by atoms with van der Waals surface area (Å²) in [6, 6.07) is 26.6. The van der Waals surface area contributed by atoms with Crippen LogP contribution in [0.3, 0.4) is 0 Å². The number of halogens is 5. The summed E-state index contributed by atoms with van der Waals surface area (Å²) in [6.07, 6.45) is -5.19. The number of rotatable bonds is 3. The first kappa shape index (κ1) is 22.1. The van der Waals surface area contributed by atoms with Crippen LogP contribution in [-0.2, 0) is 15.7 Å². The Balaban J connectivity index is 0.000000345. The maximum absolute atomic E-state index is 10.5. The summed E-state index contributed by atoms with van der Waals surface area (Å²) in [5, 5.41) is 10.3. The minimum absolute atomic E-state index is 0.148. The second-order valence-electron chi connectivity index (χ2n) is 5.31. The highest BCUT2D eigenvalue weighted by atomic mass is 35.5. The van der Waals surface area contributed by atoms with Gasteiger partial charge in [0.15, 0.2) is 14.7 Å². The average Bonchev–Trinajstić information content (AvgIpc) is 2.66. The van der Waals surface area contributed by atoms with E-state index in [-0.39, 0.29) is 10.9 Å². The van der Waals surface area contributed by atoms with Gasteiger partial charge in [-0.25, -0.2) is 0 Å². The molecule has 3 aromatic carbocycles. The summed E-state index contributed by atoms with van der Waals surface area (Å²) < 4.78 is 31.5. The second-order valence-corrected chi connectivity index (χ2v) is 8.21. The smallest absolute Gasteiger partial charge is 0.430 e. The van der Waals surface area contributed by atoms with Gasteiger partial charge >= 0.3 is 6.18 Å². The molecule has 0 aliphatic carbocycles. The molecule has 0 heterocycles. The lowest BCUT2D eigenvalue weighted by atomic mass is 10.3. The Labute approximate surface area is 172 Å². The van der Waals surface area contributed by atoms with Crippen molar-refractivity contribution in [2.45, 2.75) is 20.9 Å². The van der Waals surface area contributed by atoms with Crippen molar-refractivity contribution in [1.82, 2.24) is 0 Å². The minimum atomic E-state index is -5.19. The van der Waals surface area contributed by atoms with Crippen LogP contribution in [0.4, 0.5) is 13.2 Å². The Morgan fingerprint density at radius 2 is 1.04 bits per heavy atom. The van der Waals surface area contributed by atoms with Gasteiger partial charge in [0, 0.05) is 10.0 Å². The molecule has 0 bridgehead atoms. The van der Waals surface area contributed by atoms with Crippen molar-refractivity contribution in [2.24, 2.45) is 0 Å². The van der Waals surface area contributed by atoms with Crippen LogP contribution in [0.1, 0.15) is 0 Å². The zero-order chi connectivity index (χ0) is 20.7. The number of aliphatic carboxylic acids is 1. The van der Waals surface area contributed by atoms with Crippen molar-refractivity contribution in [3.8, 4) is 0 Å². The van der Waals surface area contributed by atoms with Crippen LogP contribution in [0.2, 0.25) is 10.0 Å². The van der Waals surface area contributed by atoms with E-state index in [0.717, 1.165) is 10.0 Å². The number of hydrogen-bond acceptors (Lipinski definition) is 2. The largest absolute Gasteiger partial charge is 0.542 e. The van der Waals surface area contributed by atoms with E-state index in [9.17, 15) is 13.2 Å². The van der Waals surface area contributed by atoms with Crippen molar-refractivity contribution in [1.29, 1.82) is 0 Å². The monoisotopic (exact) mass is 444 g/mol. The van der Waals surface area contributed by atoms with Gasteiger partial charge in [0.2, 0.25) is 0 Å². The molecule has 0 amide bonds. The average molecular weight is 445 g/mol. The Kier molecular flexibility index (Phi) is 7.80. The van der Waals surface area contributed by atoms with Crippen LogP contribution < -0.4 is 5.11 Å². The standard InChI is InChI=1S/C18H13Cl2S.C2HF3O2/c19-14-6-10-17(11-7-14)21(16-4-2-1-3-5-16)18-12-8-15(20)9-13-18;3-2(4,5)1(6)7/h1-13H;(H,6,7)/q+1;/p-1. The molecule has 0 saturated heterocycles. The molecule has 3 rings (SSSR count). The Bertz CT molecular complexity index is 854. The van der Waals surface area contributed by atoms with E-state index in [1.54, 1.807) is 0 Å². The van der Waals surface area contributed by atoms with E-state index < -0.39 is 12.1 Å². The normalized spacial score (nSPS) is 10.9. The molecule has 0 atom stereocenters. The zero-order valence-corrected chi connectivity index (χ0v) is 16.4. The predicted octanol–water partition coefficient (Wildman–Crippen LogP) is 5.39. The van der Waals surface area contributed by atoms with E-state index >= 15 is 0 Å². The molecule has 28 heavy (non-hydrogen) atoms. The molecule has 146 valence electrons. The number of carbonyl (C=O) groups is 1. The zero-order valence-electron chi connectivity index (χ0n) is 14.1. The Morgan fingerprint density at radius 3 is 1.36 bits per heavy atom. The van der Waals surface area contributed by atoms with Crippen LogP contribution in [-0.4, -0.2) is 12.1 Å². The summed E-state index contributed by atoms with van der Waals surface area (Å²) in [5.74, 6) is -3.01. The van der Waals surface area contributed by atoms with E-state index in [4.69, 9.17) is 33.1 Å². The van der Waals surface area contributed by atoms with Gasteiger partial charge in [-0.2, -0.15) is 13.2 Å². The van der Waals surface area contributed by atoms with Gasteiger partial charge in [-0.05, 0) is 60.7 Å². The highest BCUT2D eigenvalue weighted by molar-refractivity contribution is 7.97. The topological polar surface area (TPSA) is 40.1 Å². The first-order chi connectivity index (χ1) is 13.2. The number of benzene rings is 3. The summed E-state index contributed by atoms with van der Waals surface area (Å²) in [5.41, 5.74) is 0. The third kappa shape index (κ3) is 6.48. The van der Waals surface area contributed by atoms with Crippen LogP contribution in [0.15, 0.2) is 93.5 Å². The molecular formula is C20H13Cl2F3O2S. The molecule has 0 saturated carbocycles. The number of carboxylic acid groups (broad SMARTS) is 1. The van der Waals surface area contributed by atoms with Gasteiger partial charge in [0.05, 0.1) is 10.9 Å². The van der Waals surface area contributed by atoms with E-state index in [0.29, 0.717) is 0 Å². The maximum atomic E-state index is 10.5. The van der Waals surface area contributed by atoms with Gasteiger partial charge < -0.3 is 9.90 Å². The molecule has 0 aliphatic heterocycles. The van der Waals surface area contributed by atoms with E-state index in [2.05, 4.69) is 48.5 Å². The van der Waals surface area contributed by atoms with Crippen LogP contribution in [0, 0.1) is 0 Å². The molecule has 0 unspecified atom stereocenters.